The van der Waals surface area contributed by atoms with Crippen molar-refractivity contribution < 1.29 is 33.8 Å². The highest BCUT2D eigenvalue weighted by Gasteiger charge is 2.77. The molecule has 3 saturated heterocycles. The van der Waals surface area contributed by atoms with Crippen LogP contribution in [0, 0.1) is 11.8 Å². The Kier molecular flexibility index (Phi) is 11.1. The monoisotopic (exact) mass is 699 g/mol. The van der Waals surface area contributed by atoms with Crippen LogP contribution in [-0.4, -0.2) is 93.0 Å². The van der Waals surface area contributed by atoms with Gasteiger partial charge in [0.05, 0.1) is 37.1 Å². The molecule has 3 aliphatic heterocycles. The van der Waals surface area contributed by atoms with Crippen LogP contribution in [0.1, 0.15) is 70.0 Å². The summed E-state index contributed by atoms with van der Waals surface area (Å²) in [6.07, 6.45) is 7.93. The molecule has 1 saturated carbocycles. The first-order chi connectivity index (χ1) is 22.2. The van der Waals surface area contributed by atoms with Crippen molar-refractivity contribution in [2.24, 2.45) is 11.8 Å². The molecule has 250 valence electrons. The summed E-state index contributed by atoms with van der Waals surface area (Å²) in [4.78, 5) is 58.6. The van der Waals surface area contributed by atoms with Crippen LogP contribution in [0.4, 0.5) is 0 Å². The van der Waals surface area contributed by atoms with Gasteiger partial charge in [-0.25, -0.2) is 0 Å². The van der Waals surface area contributed by atoms with Crippen molar-refractivity contribution in [1.82, 2.24) is 15.1 Å². The van der Waals surface area contributed by atoms with Gasteiger partial charge in [-0.15, -0.1) is 13.2 Å². The Balaban J connectivity index is 1.46. The lowest BCUT2D eigenvalue weighted by atomic mass is 9.70. The molecule has 46 heavy (non-hydrogen) atoms. The number of benzene rings is 1. The Bertz CT molecular complexity index is 1300. The number of aliphatic hydroxyl groups excluding tert-OH is 1. The zero-order chi connectivity index (χ0) is 33.0. The summed E-state index contributed by atoms with van der Waals surface area (Å²) in [5.41, 5.74) is -0.571. The lowest BCUT2D eigenvalue weighted by Gasteiger charge is -2.42. The van der Waals surface area contributed by atoms with Crippen molar-refractivity contribution in [3.63, 3.8) is 0 Å². The second-order valence-electron chi connectivity index (χ2n) is 13.0. The Morgan fingerprint density at radius 2 is 1.91 bits per heavy atom. The number of amides is 3. The summed E-state index contributed by atoms with van der Waals surface area (Å²) in [7, 11) is 0. The van der Waals surface area contributed by atoms with Crippen LogP contribution in [0.2, 0.25) is 0 Å². The number of likely N-dealkylation sites (tertiary alicyclic amines) is 1. The molecule has 5 rings (SSSR count). The van der Waals surface area contributed by atoms with E-state index < -0.39 is 47.7 Å². The van der Waals surface area contributed by atoms with Crippen LogP contribution >= 0.6 is 15.9 Å². The van der Waals surface area contributed by atoms with Crippen LogP contribution in [0.5, 0.6) is 0 Å². The molecular weight excluding hydrogens is 654 g/mol. The van der Waals surface area contributed by atoms with E-state index in [1.807, 2.05) is 35.2 Å². The zero-order valence-electron chi connectivity index (χ0n) is 26.5. The van der Waals surface area contributed by atoms with Gasteiger partial charge >= 0.3 is 5.97 Å². The lowest BCUT2D eigenvalue weighted by Crippen LogP contribution is -2.60. The van der Waals surface area contributed by atoms with Crippen LogP contribution in [0.3, 0.4) is 0 Å². The first-order valence-electron chi connectivity index (χ1n) is 16.5. The molecule has 10 nitrogen and oxygen atoms in total. The minimum atomic E-state index is -1.27. The fourth-order valence-corrected chi connectivity index (χ4v) is 8.87. The van der Waals surface area contributed by atoms with E-state index in [9.17, 15) is 24.3 Å². The van der Waals surface area contributed by atoms with Crippen LogP contribution in [0.25, 0.3) is 0 Å². The zero-order valence-corrected chi connectivity index (χ0v) is 28.1. The van der Waals surface area contributed by atoms with E-state index in [2.05, 4.69) is 34.4 Å². The Morgan fingerprint density at radius 1 is 1.20 bits per heavy atom. The minimum Gasteiger partial charge on any atom is -0.455 e. The number of allylic oxidation sites excluding steroid dienone is 1. The molecule has 0 radical (unpaired) electrons. The number of carbonyl (C=O) groups excluding carboxylic acids is 4. The second-order valence-corrected chi connectivity index (χ2v) is 14.2. The number of carbonyl (C=O) groups is 4. The highest BCUT2D eigenvalue weighted by molar-refractivity contribution is 9.09. The van der Waals surface area contributed by atoms with Crippen molar-refractivity contribution >= 4 is 39.6 Å². The summed E-state index contributed by atoms with van der Waals surface area (Å²) in [6.45, 7) is 9.30. The van der Waals surface area contributed by atoms with Gasteiger partial charge in [-0.2, -0.15) is 0 Å². The van der Waals surface area contributed by atoms with Crippen molar-refractivity contribution in [3.05, 3.63) is 61.2 Å². The highest BCUT2D eigenvalue weighted by Crippen LogP contribution is 2.61. The number of alkyl halides is 1. The Hall–Kier alpha value is -3.02. The summed E-state index contributed by atoms with van der Waals surface area (Å²) in [5, 5.41) is 13.1. The molecular formula is C35H46BrN3O7. The van der Waals surface area contributed by atoms with E-state index in [1.165, 1.54) is 4.90 Å². The summed E-state index contributed by atoms with van der Waals surface area (Å²) in [6, 6.07) is 7.47. The standard InChI is InChI=1S/C35H46BrN3O7/c1-4-6-17-27(41)37-20-26(23-13-9-7-10-14-23)45-34(44)28-29-32(42)39(22(3)21-40)31(35(29)19-25(36)30(28)46-35)33(43)38(18-5-2)24-15-11-8-12-16-24/h4-5,7,9-10,13-14,22,24-26,28-31,40H,1-2,6,8,11-12,15-21H2,3H3,(H,37,41)/t22-,25?,26-,28+,29-,30+,31+,35-/m1/s1. The van der Waals surface area contributed by atoms with E-state index >= 15 is 0 Å². The van der Waals surface area contributed by atoms with Gasteiger partial charge in [0, 0.05) is 23.8 Å². The SMILES string of the molecule is C=CCCC(=O)NC[C@@H](OC(=O)[C@@H]1[C@H]2O[C@@]3(CC2Br)[C@H](C(=O)N(CC=C)C2CCCCC2)N([C@H](C)CO)C(=O)[C@@H]13)c1ccccc1. The van der Waals surface area contributed by atoms with Gasteiger partial charge in [0.25, 0.3) is 0 Å². The maximum atomic E-state index is 14.7. The van der Waals surface area contributed by atoms with Crippen LogP contribution < -0.4 is 5.32 Å². The Morgan fingerprint density at radius 3 is 2.57 bits per heavy atom. The number of nitrogens with zero attached hydrogens (tertiary/aromatic N) is 2. The number of hydrogen-bond acceptors (Lipinski definition) is 7. The van der Waals surface area contributed by atoms with Gasteiger partial charge in [0.2, 0.25) is 17.7 Å². The maximum Gasteiger partial charge on any atom is 0.313 e. The maximum absolute atomic E-state index is 14.7. The molecule has 3 heterocycles. The van der Waals surface area contributed by atoms with Gasteiger partial charge in [0.1, 0.15) is 17.7 Å². The first-order valence-corrected chi connectivity index (χ1v) is 17.4. The van der Waals surface area contributed by atoms with E-state index in [0.29, 0.717) is 24.9 Å². The van der Waals surface area contributed by atoms with Gasteiger partial charge < -0.3 is 29.7 Å². The number of fused-ring (bicyclic) bond motifs is 1. The number of nitrogens with one attached hydrogen (secondary N) is 1. The molecule has 2 N–H and O–H groups in total. The highest BCUT2D eigenvalue weighted by atomic mass is 79.9. The van der Waals surface area contributed by atoms with Crippen molar-refractivity contribution in [2.75, 3.05) is 19.7 Å². The largest absolute Gasteiger partial charge is 0.455 e. The molecule has 0 aromatic heterocycles. The molecule has 4 aliphatic rings. The van der Waals surface area contributed by atoms with Gasteiger partial charge in [-0.1, -0.05) is 77.7 Å². The van der Waals surface area contributed by atoms with Crippen molar-refractivity contribution in [1.29, 1.82) is 0 Å². The molecule has 1 spiro atoms. The average molecular weight is 701 g/mol. The number of ether oxygens (including phenoxy) is 2. The number of hydrogen-bond donors (Lipinski definition) is 2. The molecule has 2 bridgehead atoms. The van der Waals surface area contributed by atoms with Crippen molar-refractivity contribution in [2.45, 2.75) is 99.1 Å². The summed E-state index contributed by atoms with van der Waals surface area (Å²) >= 11 is 3.72. The van der Waals surface area contributed by atoms with Gasteiger partial charge in [-0.05, 0) is 38.2 Å². The topological polar surface area (TPSA) is 125 Å². The quantitative estimate of drug-likeness (QED) is 0.172. The number of aliphatic hydroxyl groups is 1. The predicted molar refractivity (Wildman–Crippen MR) is 176 cm³/mol. The third-order valence-corrected chi connectivity index (χ3v) is 10.9. The number of halogens is 1. The number of rotatable bonds is 14. The van der Waals surface area contributed by atoms with Gasteiger partial charge in [0.15, 0.2) is 0 Å². The third kappa shape index (κ3) is 6.42. The molecule has 8 atom stereocenters. The number of esters is 1. The second kappa shape index (κ2) is 14.8. The normalized spacial score (nSPS) is 29.9. The van der Waals surface area contributed by atoms with E-state index in [0.717, 1.165) is 32.1 Å². The smallest absolute Gasteiger partial charge is 0.313 e. The Labute approximate surface area is 279 Å². The molecule has 1 aliphatic carbocycles. The van der Waals surface area contributed by atoms with Crippen LogP contribution in [-0.2, 0) is 28.7 Å². The predicted octanol–water partition coefficient (Wildman–Crippen LogP) is 3.83. The first kappa shape index (κ1) is 34.3. The molecule has 1 unspecified atom stereocenters. The van der Waals surface area contributed by atoms with E-state index in [1.54, 1.807) is 19.1 Å². The molecule has 11 heteroatoms. The van der Waals surface area contributed by atoms with E-state index in [4.69, 9.17) is 9.47 Å². The molecule has 3 amide bonds. The van der Waals surface area contributed by atoms with Crippen molar-refractivity contribution in [3.8, 4) is 0 Å². The van der Waals surface area contributed by atoms with Crippen LogP contribution in [0.15, 0.2) is 55.6 Å². The van der Waals surface area contributed by atoms with E-state index in [-0.39, 0.29) is 48.2 Å². The summed E-state index contributed by atoms with van der Waals surface area (Å²) in [5.74, 6) is -3.38. The average Bonchev–Trinajstić information content (AvgIpc) is 3.67. The third-order valence-electron chi connectivity index (χ3n) is 10.1. The summed E-state index contributed by atoms with van der Waals surface area (Å²) < 4.78 is 12.8. The minimum absolute atomic E-state index is 0.0172. The molecule has 1 aromatic rings. The fraction of sp³-hybridized carbons (Fsp3) is 0.600. The van der Waals surface area contributed by atoms with Gasteiger partial charge in [-0.3, -0.25) is 19.2 Å². The molecule has 1 aromatic carbocycles. The lowest BCUT2D eigenvalue weighted by molar-refractivity contribution is -0.161. The molecule has 4 fully saturated rings. The fourth-order valence-electron chi connectivity index (χ4n) is 7.93.